The third kappa shape index (κ3) is 5.22. The Kier molecular flexibility index (Phi) is 8.39. The second-order valence-corrected chi connectivity index (χ2v) is 11.7. The Morgan fingerprint density at radius 3 is 2.28 bits per heavy atom. The number of hydrogen-bond donors (Lipinski definition) is 7. The first-order valence-corrected chi connectivity index (χ1v) is 14.9. The van der Waals surface area contributed by atoms with Crippen molar-refractivity contribution in [1.82, 2.24) is 0 Å². The van der Waals surface area contributed by atoms with E-state index in [1.165, 1.54) is 7.11 Å². The number of hydrogen-bond acceptors (Lipinski definition) is 14. The number of ether oxygens (including phenoxy) is 7. The fourth-order valence-corrected chi connectivity index (χ4v) is 6.45. The largest absolute Gasteiger partial charge is 0.493 e. The number of benzene rings is 2. The molecule has 7 rings (SSSR count). The standard InChI is InChI=1S/C31H36NO14/c1-40-18-3-2-13-6-17-15-8-20-19(41-12-42-20)7-14(15)4-5-32(17)9-16(13)28(18)45-31-27(39)25(37)29(22(11-34)44-31)46-30-26(38)24(36)23(35)21(10-33)43-30/h2-3,6-9,21-27,29-31,33-39H,4-5,10-12H2,1H3/q+1/t21-,22-,23+,24+,25-,26-,27-,29-,30+,31?/m1/s1. The molecule has 4 aliphatic heterocycles. The summed E-state index contributed by atoms with van der Waals surface area (Å²) in [5.41, 5.74) is 3.11. The fraction of sp³-hybridized carbons (Fsp3) is 0.516. The SMILES string of the molecule is COc1ccc2cc3[n+](cc2c1OC1O[C@H](CO)[C@@H](O[C@@H]2O[C@H](CO)[C@H](O)[C@H](O)[C@H]2O)[C@H](O)[C@H]1O)CCc1cc2c(cc1-3)OCO2. The number of aliphatic hydroxyl groups is 7. The molecular weight excluding hydrogens is 610 g/mol. The van der Waals surface area contributed by atoms with Crippen LogP contribution in [0.15, 0.2) is 36.5 Å². The predicted molar refractivity (Wildman–Crippen MR) is 153 cm³/mol. The van der Waals surface area contributed by atoms with Crippen LogP contribution < -0.4 is 23.5 Å². The van der Waals surface area contributed by atoms with E-state index in [4.69, 9.17) is 33.2 Å². The number of nitrogens with zero attached hydrogens (tertiary/aromatic N) is 1. The van der Waals surface area contributed by atoms with Crippen LogP contribution in [0.1, 0.15) is 5.56 Å². The molecule has 5 heterocycles. The third-order valence-electron chi connectivity index (χ3n) is 8.99. The number of aryl methyl sites for hydroxylation is 2. The van der Waals surface area contributed by atoms with Gasteiger partial charge >= 0.3 is 0 Å². The first kappa shape index (κ1) is 31.3. The zero-order chi connectivity index (χ0) is 32.3. The van der Waals surface area contributed by atoms with E-state index in [1.807, 2.05) is 30.5 Å². The van der Waals surface area contributed by atoms with Crippen molar-refractivity contribution in [3.63, 3.8) is 0 Å². The van der Waals surface area contributed by atoms with Gasteiger partial charge in [0, 0.05) is 12.5 Å². The molecular formula is C31H36NO14+. The molecule has 1 aromatic heterocycles. The Hall–Kier alpha value is -3.35. The topological polar surface area (TPSA) is 210 Å². The van der Waals surface area contributed by atoms with Gasteiger partial charge in [-0.3, -0.25) is 0 Å². The number of aromatic nitrogens is 1. The molecule has 15 nitrogen and oxygen atoms in total. The summed E-state index contributed by atoms with van der Waals surface area (Å²) < 4.78 is 41.9. The van der Waals surface area contributed by atoms with Gasteiger partial charge in [0.05, 0.1) is 31.3 Å². The van der Waals surface area contributed by atoms with Gasteiger partial charge in [-0.15, -0.1) is 0 Å². The monoisotopic (exact) mass is 646 g/mol. The summed E-state index contributed by atoms with van der Waals surface area (Å²) in [5, 5.41) is 73.9. The molecule has 2 aromatic carbocycles. The Labute approximate surface area is 262 Å². The van der Waals surface area contributed by atoms with Crippen LogP contribution in [0.5, 0.6) is 23.0 Å². The molecule has 0 radical (unpaired) electrons. The molecule has 46 heavy (non-hydrogen) atoms. The number of fused-ring (bicyclic) bond motifs is 5. The van der Waals surface area contributed by atoms with Crippen molar-refractivity contribution in [3.05, 3.63) is 42.1 Å². The summed E-state index contributed by atoms with van der Waals surface area (Å²) in [4.78, 5) is 0. The number of aliphatic hydroxyl groups excluding tert-OH is 7. The number of rotatable bonds is 7. The van der Waals surface area contributed by atoms with Crippen molar-refractivity contribution < 1.29 is 73.5 Å². The predicted octanol–water partition coefficient (Wildman–Crippen LogP) is -1.91. The zero-order valence-corrected chi connectivity index (χ0v) is 24.7. The first-order chi connectivity index (χ1) is 22.2. The summed E-state index contributed by atoms with van der Waals surface area (Å²) in [6.07, 6.45) is -13.1. The molecule has 0 aliphatic carbocycles. The molecule has 10 atom stereocenters. The molecule has 3 aromatic rings. The van der Waals surface area contributed by atoms with Crippen molar-refractivity contribution in [3.8, 4) is 34.3 Å². The van der Waals surface area contributed by atoms with E-state index in [1.54, 1.807) is 6.07 Å². The van der Waals surface area contributed by atoms with Crippen molar-refractivity contribution in [1.29, 1.82) is 0 Å². The zero-order valence-electron chi connectivity index (χ0n) is 24.7. The lowest BCUT2D eigenvalue weighted by Crippen LogP contribution is -2.65. The highest BCUT2D eigenvalue weighted by Gasteiger charge is 2.51. The van der Waals surface area contributed by atoms with Gasteiger partial charge in [0.15, 0.2) is 42.0 Å². The van der Waals surface area contributed by atoms with Crippen LogP contribution in [0.2, 0.25) is 0 Å². The normalized spacial score (nSPS) is 33.4. The molecule has 2 saturated heterocycles. The molecule has 15 heteroatoms. The van der Waals surface area contributed by atoms with Gasteiger partial charge in [-0.2, -0.15) is 4.57 Å². The maximum atomic E-state index is 11.1. The first-order valence-electron chi connectivity index (χ1n) is 14.9. The van der Waals surface area contributed by atoms with Crippen LogP contribution in [0.25, 0.3) is 22.0 Å². The van der Waals surface area contributed by atoms with Gasteiger partial charge in [0.1, 0.15) is 48.8 Å². The van der Waals surface area contributed by atoms with Gasteiger partial charge in [0.25, 0.3) is 0 Å². The molecule has 4 aliphatic rings. The van der Waals surface area contributed by atoms with E-state index in [2.05, 4.69) is 4.57 Å². The highest BCUT2D eigenvalue weighted by atomic mass is 16.7. The summed E-state index contributed by atoms with van der Waals surface area (Å²) in [6.45, 7) is -0.542. The van der Waals surface area contributed by atoms with Gasteiger partial charge < -0.3 is 68.9 Å². The van der Waals surface area contributed by atoms with Crippen LogP contribution in [-0.4, -0.2) is 124 Å². The maximum absolute atomic E-state index is 11.1. The van der Waals surface area contributed by atoms with Gasteiger partial charge in [0.2, 0.25) is 18.8 Å². The lowest BCUT2D eigenvalue weighted by Gasteiger charge is -2.45. The lowest BCUT2D eigenvalue weighted by molar-refractivity contribution is -0.686. The van der Waals surface area contributed by atoms with Gasteiger partial charge in [-0.05, 0) is 35.2 Å². The van der Waals surface area contributed by atoms with E-state index in [0.29, 0.717) is 23.4 Å². The molecule has 0 amide bonds. The van der Waals surface area contributed by atoms with E-state index in [0.717, 1.165) is 34.4 Å². The molecule has 0 spiro atoms. The quantitative estimate of drug-likeness (QED) is 0.140. The molecule has 2 fully saturated rings. The Balaban J connectivity index is 1.17. The lowest BCUT2D eigenvalue weighted by atomic mass is 9.95. The second kappa shape index (κ2) is 12.4. The Bertz CT molecular complexity index is 1600. The Morgan fingerprint density at radius 1 is 0.826 bits per heavy atom. The van der Waals surface area contributed by atoms with Crippen LogP contribution in [0.3, 0.4) is 0 Å². The second-order valence-electron chi connectivity index (χ2n) is 11.7. The number of methoxy groups -OCH3 is 1. The van der Waals surface area contributed by atoms with Crippen molar-refractivity contribution >= 4 is 10.8 Å². The van der Waals surface area contributed by atoms with Crippen molar-refractivity contribution in [2.24, 2.45) is 0 Å². The smallest absolute Gasteiger partial charge is 0.231 e. The number of pyridine rings is 1. The summed E-state index contributed by atoms with van der Waals surface area (Å²) in [6, 6.07) is 9.57. The van der Waals surface area contributed by atoms with E-state index < -0.39 is 74.6 Å². The van der Waals surface area contributed by atoms with Crippen molar-refractivity contribution in [2.45, 2.75) is 74.4 Å². The average molecular weight is 647 g/mol. The van der Waals surface area contributed by atoms with Gasteiger partial charge in [-0.1, -0.05) is 0 Å². The molecule has 1 unspecified atom stereocenters. The average Bonchev–Trinajstić information content (AvgIpc) is 3.53. The van der Waals surface area contributed by atoms with Crippen molar-refractivity contribution in [2.75, 3.05) is 27.1 Å². The fourth-order valence-electron chi connectivity index (χ4n) is 6.45. The summed E-state index contributed by atoms with van der Waals surface area (Å²) >= 11 is 0. The molecule has 0 saturated carbocycles. The minimum Gasteiger partial charge on any atom is -0.493 e. The molecule has 248 valence electrons. The molecule has 0 bridgehead atoms. The molecule has 7 N–H and O–H groups in total. The van der Waals surface area contributed by atoms with Crippen LogP contribution in [0, 0.1) is 0 Å². The van der Waals surface area contributed by atoms with Crippen LogP contribution in [0.4, 0.5) is 0 Å². The third-order valence-corrected chi connectivity index (χ3v) is 8.99. The highest BCUT2D eigenvalue weighted by Crippen LogP contribution is 2.42. The summed E-state index contributed by atoms with van der Waals surface area (Å²) in [7, 11) is 1.46. The van der Waals surface area contributed by atoms with Crippen LogP contribution >= 0.6 is 0 Å². The summed E-state index contributed by atoms with van der Waals surface area (Å²) in [5.74, 6) is 1.97. The highest BCUT2D eigenvalue weighted by molar-refractivity contribution is 5.91. The van der Waals surface area contributed by atoms with E-state index >= 15 is 0 Å². The Morgan fingerprint density at radius 2 is 1.54 bits per heavy atom. The minimum absolute atomic E-state index is 0.179. The van der Waals surface area contributed by atoms with Gasteiger partial charge in [-0.25, -0.2) is 0 Å². The maximum Gasteiger partial charge on any atom is 0.231 e. The minimum atomic E-state index is -1.77. The van der Waals surface area contributed by atoms with Crippen LogP contribution in [-0.2, 0) is 27.2 Å². The van der Waals surface area contributed by atoms with E-state index in [9.17, 15) is 35.7 Å². The van der Waals surface area contributed by atoms with E-state index in [-0.39, 0.29) is 12.5 Å².